The van der Waals surface area contributed by atoms with E-state index >= 15 is 0 Å². The molecule has 0 saturated carbocycles. The molecule has 1 aliphatic heterocycles. The summed E-state index contributed by atoms with van der Waals surface area (Å²) in [5.41, 5.74) is 1.43. The van der Waals surface area contributed by atoms with Crippen LogP contribution in [0, 0.1) is 5.82 Å². The smallest absolute Gasteiger partial charge is 0.161 e. The largest absolute Gasteiger partial charge is 0.490 e. The zero-order valence-electron chi connectivity index (χ0n) is 15.5. The number of benzene rings is 2. The minimum Gasteiger partial charge on any atom is -0.490 e. The van der Waals surface area contributed by atoms with Crippen LogP contribution in [0.25, 0.3) is 0 Å². The highest BCUT2D eigenvalue weighted by Crippen LogP contribution is 2.30. The Morgan fingerprint density at radius 3 is 2.85 bits per heavy atom. The predicted octanol–water partition coefficient (Wildman–Crippen LogP) is 4.73. The normalized spacial score (nSPS) is 16.5. The van der Waals surface area contributed by atoms with Crippen LogP contribution in [0.3, 0.4) is 0 Å². The summed E-state index contributed by atoms with van der Waals surface area (Å²) in [7, 11) is 0. The Hall–Kier alpha value is -1.82. The topological polar surface area (TPSA) is 39.7 Å². The van der Waals surface area contributed by atoms with E-state index in [4.69, 9.17) is 25.8 Å². The van der Waals surface area contributed by atoms with Gasteiger partial charge in [-0.2, -0.15) is 0 Å². The fraction of sp³-hybridized carbons (Fsp3) is 0.429. The lowest BCUT2D eigenvalue weighted by atomic mass is 10.2. The molecule has 1 aliphatic rings. The first-order valence-corrected chi connectivity index (χ1v) is 9.69. The number of hydrogen-bond acceptors (Lipinski definition) is 4. The van der Waals surface area contributed by atoms with Crippen LogP contribution in [0.15, 0.2) is 36.4 Å². The van der Waals surface area contributed by atoms with Crippen molar-refractivity contribution in [2.24, 2.45) is 0 Å². The molecular formula is C21H25ClFNO3. The molecule has 0 aliphatic carbocycles. The van der Waals surface area contributed by atoms with Crippen molar-refractivity contribution in [2.75, 3.05) is 19.8 Å². The maximum Gasteiger partial charge on any atom is 0.161 e. The highest BCUT2D eigenvalue weighted by Gasteiger charge is 2.15. The van der Waals surface area contributed by atoms with Crippen molar-refractivity contribution < 1.29 is 18.6 Å². The molecule has 1 saturated heterocycles. The van der Waals surface area contributed by atoms with Crippen LogP contribution in [0.2, 0.25) is 5.02 Å². The lowest BCUT2D eigenvalue weighted by Gasteiger charge is -2.15. The van der Waals surface area contributed by atoms with Gasteiger partial charge in [0.15, 0.2) is 11.5 Å². The maximum atomic E-state index is 13.9. The predicted molar refractivity (Wildman–Crippen MR) is 104 cm³/mol. The van der Waals surface area contributed by atoms with Gasteiger partial charge in [0.1, 0.15) is 12.4 Å². The third kappa shape index (κ3) is 5.58. The van der Waals surface area contributed by atoms with E-state index in [-0.39, 0.29) is 12.4 Å². The number of rotatable bonds is 9. The van der Waals surface area contributed by atoms with E-state index in [0.29, 0.717) is 34.8 Å². The number of hydrogen-bond donors (Lipinski definition) is 1. The second kappa shape index (κ2) is 9.93. The Labute approximate surface area is 164 Å². The summed E-state index contributed by atoms with van der Waals surface area (Å²) in [6, 6.07) is 10.4. The molecule has 146 valence electrons. The third-order valence-corrected chi connectivity index (χ3v) is 4.82. The van der Waals surface area contributed by atoms with E-state index in [2.05, 4.69) is 5.32 Å². The average molecular weight is 394 g/mol. The molecule has 1 heterocycles. The van der Waals surface area contributed by atoms with Gasteiger partial charge >= 0.3 is 0 Å². The zero-order chi connectivity index (χ0) is 19.1. The molecule has 0 spiro atoms. The fourth-order valence-corrected chi connectivity index (χ4v) is 3.27. The van der Waals surface area contributed by atoms with Crippen LogP contribution in [0.4, 0.5) is 4.39 Å². The quantitative estimate of drug-likeness (QED) is 0.668. The molecule has 0 unspecified atom stereocenters. The molecule has 3 rings (SSSR count). The number of nitrogens with one attached hydrogen (secondary N) is 1. The minimum absolute atomic E-state index is 0.0438. The first-order chi connectivity index (χ1) is 13.2. The molecule has 1 N–H and O–H groups in total. The molecule has 1 fully saturated rings. The van der Waals surface area contributed by atoms with Crippen LogP contribution < -0.4 is 14.8 Å². The maximum absolute atomic E-state index is 13.9. The Balaban J connectivity index is 1.62. The van der Waals surface area contributed by atoms with E-state index in [9.17, 15) is 4.39 Å². The molecule has 0 bridgehead atoms. The summed E-state index contributed by atoms with van der Waals surface area (Å²) in [6.45, 7) is 4.90. The summed E-state index contributed by atoms with van der Waals surface area (Å²) in [6.07, 6.45) is 2.56. The highest BCUT2D eigenvalue weighted by atomic mass is 35.5. The van der Waals surface area contributed by atoms with Gasteiger partial charge in [-0.1, -0.05) is 23.7 Å². The van der Waals surface area contributed by atoms with Crippen LogP contribution in [0.1, 0.15) is 30.9 Å². The van der Waals surface area contributed by atoms with Crippen molar-refractivity contribution in [3.63, 3.8) is 0 Å². The zero-order valence-corrected chi connectivity index (χ0v) is 16.2. The minimum atomic E-state index is -0.379. The first kappa shape index (κ1) is 19.9. The van der Waals surface area contributed by atoms with Gasteiger partial charge in [0.05, 0.1) is 17.7 Å². The summed E-state index contributed by atoms with van der Waals surface area (Å²) >= 11 is 6.06. The Morgan fingerprint density at radius 1 is 1.22 bits per heavy atom. The van der Waals surface area contributed by atoms with E-state index in [1.54, 1.807) is 12.1 Å². The van der Waals surface area contributed by atoms with E-state index in [0.717, 1.165) is 38.1 Å². The summed E-state index contributed by atoms with van der Waals surface area (Å²) in [5.74, 6) is 0.829. The summed E-state index contributed by atoms with van der Waals surface area (Å²) in [5, 5.41) is 3.77. The second-order valence-corrected chi connectivity index (χ2v) is 6.88. The molecule has 0 aromatic heterocycles. The SMILES string of the molecule is CCOc1cc(CNC[C@@H]2CCCO2)ccc1OCc1c(F)cccc1Cl. The van der Waals surface area contributed by atoms with Gasteiger partial charge in [-0.3, -0.25) is 0 Å². The molecule has 0 amide bonds. The summed E-state index contributed by atoms with van der Waals surface area (Å²) < 4.78 is 31.0. The van der Waals surface area contributed by atoms with Gasteiger partial charge in [-0.05, 0) is 49.6 Å². The Bertz CT molecular complexity index is 730. The van der Waals surface area contributed by atoms with Crippen LogP contribution in [-0.2, 0) is 17.9 Å². The first-order valence-electron chi connectivity index (χ1n) is 9.31. The van der Waals surface area contributed by atoms with Gasteiger partial charge in [0.2, 0.25) is 0 Å². The lowest BCUT2D eigenvalue weighted by molar-refractivity contribution is 0.110. The van der Waals surface area contributed by atoms with Crippen molar-refractivity contribution in [3.05, 3.63) is 58.4 Å². The van der Waals surface area contributed by atoms with Crippen molar-refractivity contribution in [1.82, 2.24) is 5.32 Å². The molecule has 1 atom stereocenters. The van der Waals surface area contributed by atoms with Crippen LogP contribution in [-0.4, -0.2) is 25.9 Å². The standard InChI is InChI=1S/C21H25ClFNO3/c1-2-25-21-11-15(12-24-13-16-5-4-10-26-16)8-9-20(21)27-14-17-18(22)6-3-7-19(17)23/h3,6-9,11,16,24H,2,4-5,10,12-14H2,1H3/t16-/m0/s1. The molecule has 2 aromatic rings. The molecule has 2 aromatic carbocycles. The monoisotopic (exact) mass is 393 g/mol. The molecular weight excluding hydrogens is 369 g/mol. The summed E-state index contributed by atoms with van der Waals surface area (Å²) in [4.78, 5) is 0. The van der Waals surface area contributed by atoms with Gasteiger partial charge < -0.3 is 19.5 Å². The van der Waals surface area contributed by atoms with Crippen LogP contribution in [0.5, 0.6) is 11.5 Å². The Kier molecular flexibility index (Phi) is 7.33. The lowest BCUT2D eigenvalue weighted by Crippen LogP contribution is -2.25. The highest BCUT2D eigenvalue weighted by molar-refractivity contribution is 6.31. The fourth-order valence-electron chi connectivity index (χ4n) is 3.05. The van der Waals surface area contributed by atoms with Crippen molar-refractivity contribution in [3.8, 4) is 11.5 Å². The molecule has 27 heavy (non-hydrogen) atoms. The third-order valence-electron chi connectivity index (χ3n) is 4.47. The van der Waals surface area contributed by atoms with Gasteiger partial charge in [-0.25, -0.2) is 4.39 Å². The Morgan fingerprint density at radius 2 is 2.11 bits per heavy atom. The number of ether oxygens (including phenoxy) is 3. The number of halogens is 2. The second-order valence-electron chi connectivity index (χ2n) is 6.47. The van der Waals surface area contributed by atoms with Crippen LogP contribution >= 0.6 is 11.6 Å². The van der Waals surface area contributed by atoms with Gasteiger partial charge in [0, 0.05) is 25.3 Å². The van der Waals surface area contributed by atoms with Crippen molar-refractivity contribution in [2.45, 2.75) is 39.0 Å². The van der Waals surface area contributed by atoms with Crippen molar-refractivity contribution >= 4 is 11.6 Å². The van der Waals surface area contributed by atoms with Crippen molar-refractivity contribution in [1.29, 1.82) is 0 Å². The van der Waals surface area contributed by atoms with Gasteiger partial charge in [0.25, 0.3) is 0 Å². The van der Waals surface area contributed by atoms with E-state index < -0.39 is 0 Å². The average Bonchev–Trinajstić information content (AvgIpc) is 3.16. The van der Waals surface area contributed by atoms with Gasteiger partial charge in [-0.15, -0.1) is 0 Å². The van der Waals surface area contributed by atoms with E-state index in [1.807, 2.05) is 25.1 Å². The van der Waals surface area contributed by atoms with E-state index in [1.165, 1.54) is 6.07 Å². The molecule has 0 radical (unpaired) electrons. The molecule has 6 heteroatoms. The molecule has 4 nitrogen and oxygen atoms in total.